The molecule has 19 heavy (non-hydrogen) atoms. The van der Waals surface area contributed by atoms with Gasteiger partial charge in [0, 0.05) is 12.7 Å². The fourth-order valence-electron chi connectivity index (χ4n) is 1.91. The van der Waals surface area contributed by atoms with Gasteiger partial charge >= 0.3 is 0 Å². The van der Waals surface area contributed by atoms with Crippen LogP contribution < -0.4 is 5.32 Å². The van der Waals surface area contributed by atoms with E-state index in [4.69, 9.17) is 0 Å². The Morgan fingerprint density at radius 3 is 2.68 bits per heavy atom. The van der Waals surface area contributed by atoms with Crippen LogP contribution in [0.3, 0.4) is 0 Å². The zero-order chi connectivity index (χ0) is 14.0. The van der Waals surface area contributed by atoms with E-state index in [1.807, 2.05) is 26.1 Å². The van der Waals surface area contributed by atoms with Crippen molar-refractivity contribution in [1.29, 1.82) is 0 Å². The van der Waals surface area contributed by atoms with Crippen molar-refractivity contribution in [2.45, 2.75) is 27.7 Å². The van der Waals surface area contributed by atoms with Crippen molar-refractivity contribution in [3.63, 3.8) is 0 Å². The van der Waals surface area contributed by atoms with Gasteiger partial charge in [0.2, 0.25) is 5.95 Å². The van der Waals surface area contributed by atoms with Crippen LogP contribution in [-0.4, -0.2) is 16.1 Å². The quantitative estimate of drug-likeness (QED) is 0.909. The van der Waals surface area contributed by atoms with Gasteiger partial charge in [-0.05, 0) is 37.5 Å². The molecule has 1 aromatic carbocycles. The molecule has 0 saturated carbocycles. The molecule has 0 spiro atoms. The van der Waals surface area contributed by atoms with Crippen LogP contribution in [-0.2, 0) is 0 Å². The van der Waals surface area contributed by atoms with Gasteiger partial charge < -0.3 is 5.32 Å². The molecular formula is C15H20FN3. The summed E-state index contributed by atoms with van der Waals surface area (Å²) < 4.78 is 15.8. The minimum absolute atomic E-state index is 0.231. The molecule has 102 valence electrons. The summed E-state index contributed by atoms with van der Waals surface area (Å²) in [6, 6.07) is 5.23. The van der Waals surface area contributed by atoms with Crippen LogP contribution in [0.15, 0.2) is 24.4 Å². The lowest BCUT2D eigenvalue weighted by molar-refractivity contribution is 0.616. The van der Waals surface area contributed by atoms with Gasteiger partial charge in [-0.25, -0.2) is 9.37 Å². The summed E-state index contributed by atoms with van der Waals surface area (Å²) >= 11 is 0. The molecule has 0 bridgehead atoms. The van der Waals surface area contributed by atoms with E-state index < -0.39 is 0 Å². The number of aryl methyl sites for hydroxylation is 2. The lowest BCUT2D eigenvalue weighted by Crippen LogP contribution is -2.12. The Morgan fingerprint density at radius 1 is 1.32 bits per heavy atom. The summed E-state index contributed by atoms with van der Waals surface area (Å²) in [4.78, 5) is 4.41. The Balaban J connectivity index is 2.38. The zero-order valence-electron chi connectivity index (χ0n) is 11.9. The van der Waals surface area contributed by atoms with Crippen molar-refractivity contribution in [3.8, 4) is 5.69 Å². The molecule has 0 aliphatic heterocycles. The maximum absolute atomic E-state index is 14.0. The van der Waals surface area contributed by atoms with Crippen LogP contribution >= 0.6 is 0 Å². The number of hydrogen-bond donors (Lipinski definition) is 1. The second-order valence-electron chi connectivity index (χ2n) is 5.31. The van der Waals surface area contributed by atoms with E-state index in [-0.39, 0.29) is 5.82 Å². The Hall–Kier alpha value is -1.84. The number of aromatic nitrogens is 2. The molecule has 3 nitrogen and oxygen atoms in total. The topological polar surface area (TPSA) is 29.9 Å². The third-order valence-electron chi connectivity index (χ3n) is 2.86. The number of hydrogen-bond acceptors (Lipinski definition) is 2. The minimum atomic E-state index is -0.231. The molecule has 0 aliphatic rings. The number of nitrogens with zero attached hydrogens (tertiary/aromatic N) is 2. The van der Waals surface area contributed by atoms with Crippen LogP contribution in [0.2, 0.25) is 0 Å². The Morgan fingerprint density at radius 2 is 2.05 bits per heavy atom. The molecular weight excluding hydrogens is 241 g/mol. The van der Waals surface area contributed by atoms with Crippen molar-refractivity contribution in [1.82, 2.24) is 9.55 Å². The molecule has 0 amide bonds. The van der Waals surface area contributed by atoms with E-state index in [0.717, 1.165) is 17.8 Å². The highest BCUT2D eigenvalue weighted by atomic mass is 19.1. The van der Waals surface area contributed by atoms with E-state index in [1.54, 1.807) is 10.6 Å². The van der Waals surface area contributed by atoms with Crippen molar-refractivity contribution in [2.75, 3.05) is 11.9 Å². The van der Waals surface area contributed by atoms with Crippen molar-refractivity contribution >= 4 is 5.95 Å². The lowest BCUT2D eigenvalue weighted by atomic mass is 10.2. The van der Waals surface area contributed by atoms with E-state index in [2.05, 4.69) is 24.1 Å². The highest BCUT2D eigenvalue weighted by Gasteiger charge is 2.11. The lowest BCUT2D eigenvalue weighted by Gasteiger charge is -2.12. The molecule has 2 rings (SSSR count). The fraction of sp³-hybridized carbons (Fsp3) is 0.400. The predicted molar refractivity (Wildman–Crippen MR) is 76.3 cm³/mol. The smallest absolute Gasteiger partial charge is 0.207 e. The summed E-state index contributed by atoms with van der Waals surface area (Å²) in [5, 5.41) is 3.26. The fourth-order valence-corrected chi connectivity index (χ4v) is 1.91. The molecule has 4 heteroatoms. The highest BCUT2D eigenvalue weighted by molar-refractivity contribution is 5.45. The van der Waals surface area contributed by atoms with Crippen LogP contribution in [0.1, 0.15) is 25.1 Å². The Labute approximate surface area is 113 Å². The molecule has 1 aromatic heterocycles. The second-order valence-corrected chi connectivity index (χ2v) is 5.31. The monoisotopic (exact) mass is 261 g/mol. The van der Waals surface area contributed by atoms with Gasteiger partial charge in [0.25, 0.3) is 0 Å². The third kappa shape index (κ3) is 3.13. The minimum Gasteiger partial charge on any atom is -0.355 e. The number of benzene rings is 1. The molecule has 0 radical (unpaired) electrons. The largest absolute Gasteiger partial charge is 0.355 e. The summed E-state index contributed by atoms with van der Waals surface area (Å²) in [7, 11) is 0. The normalized spacial score (nSPS) is 11.1. The van der Waals surface area contributed by atoms with Gasteiger partial charge in [0.15, 0.2) is 0 Å². The maximum atomic E-state index is 14.0. The van der Waals surface area contributed by atoms with Crippen molar-refractivity contribution < 1.29 is 4.39 Å². The average Bonchev–Trinajstić information content (AvgIpc) is 2.67. The summed E-state index contributed by atoms with van der Waals surface area (Å²) in [6.07, 6.45) is 1.84. The standard InChI is InChI=1S/C15H20FN3/c1-10(2)8-17-15-18-12(4)9-19(15)14-6-5-11(3)7-13(14)16/h5-7,9-10H,8H2,1-4H3,(H,17,18). The van der Waals surface area contributed by atoms with Gasteiger partial charge in [0.1, 0.15) is 5.82 Å². The second kappa shape index (κ2) is 5.43. The summed E-state index contributed by atoms with van der Waals surface area (Å²) in [6.45, 7) is 8.84. The first-order chi connectivity index (χ1) is 8.97. The van der Waals surface area contributed by atoms with Crippen LogP contribution in [0.25, 0.3) is 5.69 Å². The van der Waals surface area contributed by atoms with Gasteiger partial charge in [-0.15, -0.1) is 0 Å². The third-order valence-corrected chi connectivity index (χ3v) is 2.86. The molecule has 0 atom stereocenters. The molecule has 0 aliphatic carbocycles. The van der Waals surface area contributed by atoms with Gasteiger partial charge in [-0.2, -0.15) is 0 Å². The number of halogens is 1. The van der Waals surface area contributed by atoms with Crippen LogP contribution in [0, 0.1) is 25.6 Å². The van der Waals surface area contributed by atoms with Crippen LogP contribution in [0.4, 0.5) is 10.3 Å². The van der Waals surface area contributed by atoms with Crippen LogP contribution in [0.5, 0.6) is 0 Å². The van der Waals surface area contributed by atoms with Gasteiger partial charge in [0.05, 0.1) is 11.4 Å². The van der Waals surface area contributed by atoms with Gasteiger partial charge in [-0.1, -0.05) is 19.9 Å². The van der Waals surface area contributed by atoms with E-state index >= 15 is 0 Å². The summed E-state index contributed by atoms with van der Waals surface area (Å²) in [5.41, 5.74) is 2.30. The highest BCUT2D eigenvalue weighted by Crippen LogP contribution is 2.20. The Bertz CT molecular complexity index is 573. The molecule has 0 fully saturated rings. The molecule has 2 aromatic rings. The SMILES string of the molecule is Cc1ccc(-n2cc(C)nc2NCC(C)C)c(F)c1. The van der Waals surface area contributed by atoms with Gasteiger partial charge in [-0.3, -0.25) is 4.57 Å². The zero-order valence-corrected chi connectivity index (χ0v) is 11.9. The maximum Gasteiger partial charge on any atom is 0.207 e. The first-order valence-corrected chi connectivity index (χ1v) is 6.53. The molecule has 0 saturated heterocycles. The number of rotatable bonds is 4. The van der Waals surface area contributed by atoms with E-state index in [9.17, 15) is 4.39 Å². The number of anilines is 1. The predicted octanol–water partition coefficient (Wildman–Crippen LogP) is 3.70. The van der Waals surface area contributed by atoms with Crippen molar-refractivity contribution in [2.24, 2.45) is 5.92 Å². The van der Waals surface area contributed by atoms with Crippen molar-refractivity contribution in [3.05, 3.63) is 41.5 Å². The first kappa shape index (κ1) is 13.6. The number of nitrogens with one attached hydrogen (secondary N) is 1. The molecule has 1 N–H and O–H groups in total. The average molecular weight is 261 g/mol. The first-order valence-electron chi connectivity index (χ1n) is 6.53. The summed E-state index contributed by atoms with van der Waals surface area (Å²) in [5.74, 6) is 0.965. The molecule has 0 unspecified atom stereocenters. The van der Waals surface area contributed by atoms with E-state index in [0.29, 0.717) is 17.6 Å². The number of imidazole rings is 1. The van der Waals surface area contributed by atoms with E-state index in [1.165, 1.54) is 6.07 Å². The molecule has 1 heterocycles. The Kier molecular flexibility index (Phi) is 3.88.